The largest absolute Gasteiger partial charge is 0.634 e. The summed E-state index contributed by atoms with van der Waals surface area (Å²) < 4.78 is 5.16. The number of fused-ring (bicyclic) bond motifs is 1. The molecule has 0 saturated carbocycles. The van der Waals surface area contributed by atoms with Crippen LogP contribution in [0.25, 0.3) is 0 Å². The van der Waals surface area contributed by atoms with Gasteiger partial charge in [0.2, 0.25) is 0 Å². The summed E-state index contributed by atoms with van der Waals surface area (Å²) >= 11 is 0. The molecule has 3 nitrogen and oxygen atoms in total. The van der Waals surface area contributed by atoms with E-state index in [1.807, 2.05) is 18.2 Å². The fraction of sp³-hybridized carbons (Fsp3) is 0.455. The maximum absolute atomic E-state index is 11.4. The number of hydrogen-bond acceptors (Lipinski definition) is 2. The predicted molar refractivity (Wildman–Crippen MR) is 61.5 cm³/mol. The minimum absolute atomic E-state index is 0. The van der Waals surface area contributed by atoms with Crippen LogP contribution in [0.3, 0.4) is 0 Å². The summed E-state index contributed by atoms with van der Waals surface area (Å²) in [4.78, 5) is 0. The van der Waals surface area contributed by atoms with Crippen LogP contribution < -0.4 is 9.80 Å². The third-order valence-electron chi connectivity index (χ3n) is 2.70. The molecule has 1 aromatic rings. The molecule has 0 saturated heterocycles. The van der Waals surface area contributed by atoms with Crippen LogP contribution in [-0.4, -0.2) is 13.7 Å². The lowest BCUT2D eigenvalue weighted by Gasteiger charge is -2.19. The van der Waals surface area contributed by atoms with E-state index in [0.717, 1.165) is 25.1 Å². The molecule has 1 aliphatic rings. The van der Waals surface area contributed by atoms with Gasteiger partial charge in [-0.25, -0.2) is 0 Å². The van der Waals surface area contributed by atoms with E-state index in [1.165, 1.54) is 11.1 Å². The number of quaternary nitrogens is 1. The lowest BCUT2D eigenvalue weighted by atomic mass is 10.0. The van der Waals surface area contributed by atoms with Crippen LogP contribution in [0.1, 0.15) is 17.5 Å². The van der Waals surface area contributed by atoms with Crippen molar-refractivity contribution >= 4 is 12.4 Å². The Morgan fingerprint density at radius 3 is 2.87 bits per heavy atom. The fourth-order valence-corrected chi connectivity index (χ4v) is 1.91. The van der Waals surface area contributed by atoms with Gasteiger partial charge in [-0.3, -0.25) is 0 Å². The zero-order valence-corrected chi connectivity index (χ0v) is 9.60. The lowest BCUT2D eigenvalue weighted by molar-refractivity contribution is -0.862. The van der Waals surface area contributed by atoms with Gasteiger partial charge in [-0.05, 0) is 30.2 Å². The van der Waals surface area contributed by atoms with Crippen molar-refractivity contribution in [3.8, 4) is 5.75 Å². The summed E-state index contributed by atoms with van der Waals surface area (Å²) in [5.41, 5.74) is 2.45. The van der Waals surface area contributed by atoms with E-state index in [2.05, 4.69) is 0 Å². The van der Waals surface area contributed by atoms with Crippen molar-refractivity contribution in [2.24, 2.45) is 0 Å². The van der Waals surface area contributed by atoms with Gasteiger partial charge < -0.3 is 15.0 Å². The van der Waals surface area contributed by atoms with Crippen LogP contribution in [-0.2, 0) is 13.0 Å². The van der Waals surface area contributed by atoms with Gasteiger partial charge in [0.15, 0.2) is 0 Å². The molecule has 15 heavy (non-hydrogen) atoms. The van der Waals surface area contributed by atoms with Gasteiger partial charge in [0.25, 0.3) is 0 Å². The molecule has 1 unspecified atom stereocenters. The average molecular weight is 230 g/mol. The first-order valence-corrected chi connectivity index (χ1v) is 4.97. The molecule has 1 N–H and O–H groups in total. The fourth-order valence-electron chi connectivity index (χ4n) is 1.91. The number of benzene rings is 1. The van der Waals surface area contributed by atoms with Crippen LogP contribution in [0.4, 0.5) is 0 Å². The summed E-state index contributed by atoms with van der Waals surface area (Å²) in [6.45, 7) is 1.32. The number of aryl methyl sites for hydroxylation is 1. The smallest absolute Gasteiger partial charge is 0.119 e. The second kappa shape index (κ2) is 5.35. The van der Waals surface area contributed by atoms with Gasteiger partial charge in [-0.1, -0.05) is 0 Å². The maximum Gasteiger partial charge on any atom is 0.119 e. The van der Waals surface area contributed by atoms with Crippen molar-refractivity contribution in [2.75, 3.05) is 13.7 Å². The molecule has 0 radical (unpaired) electrons. The second-order valence-electron chi connectivity index (χ2n) is 3.70. The highest BCUT2D eigenvalue weighted by Crippen LogP contribution is 2.19. The van der Waals surface area contributed by atoms with Gasteiger partial charge in [0, 0.05) is 12.0 Å². The Morgan fingerprint density at radius 1 is 1.33 bits per heavy atom. The Balaban J connectivity index is 0.00000112. The van der Waals surface area contributed by atoms with E-state index in [9.17, 15) is 5.21 Å². The van der Waals surface area contributed by atoms with Crippen molar-refractivity contribution in [2.45, 2.75) is 19.4 Å². The zero-order chi connectivity index (χ0) is 9.97. The molecular formula is C11H16ClNO2. The molecule has 1 atom stereocenters. The van der Waals surface area contributed by atoms with Crippen molar-refractivity contribution < 1.29 is 9.80 Å². The van der Waals surface area contributed by atoms with Gasteiger partial charge in [-0.15, -0.1) is 12.4 Å². The number of rotatable bonds is 1. The van der Waals surface area contributed by atoms with Gasteiger partial charge in [0.05, 0.1) is 13.7 Å². The molecule has 0 amide bonds. The van der Waals surface area contributed by atoms with Crippen LogP contribution in [0.15, 0.2) is 18.2 Å². The minimum atomic E-state index is 0. The standard InChI is InChI=1S/C11H15NO2.ClH/c1-14-11-5-4-10-8-12(13)6-2-3-9(10)7-11;/h4-5,7,12H,2-3,6,8H2,1H3;1H. The van der Waals surface area contributed by atoms with Gasteiger partial charge in [-0.2, -0.15) is 0 Å². The molecule has 2 rings (SSSR count). The molecule has 84 valence electrons. The quantitative estimate of drug-likeness (QED) is 0.728. The Labute approximate surface area is 96.0 Å². The molecule has 0 aliphatic carbocycles. The molecule has 4 heteroatoms. The third kappa shape index (κ3) is 2.84. The summed E-state index contributed by atoms with van der Waals surface area (Å²) in [5, 5.41) is 11.7. The molecule has 0 fully saturated rings. The highest BCUT2D eigenvalue weighted by molar-refractivity contribution is 5.85. The van der Waals surface area contributed by atoms with Crippen LogP contribution >= 0.6 is 12.4 Å². The normalized spacial score (nSPS) is 19.7. The number of ether oxygens (including phenoxy) is 1. The van der Waals surface area contributed by atoms with Crippen molar-refractivity contribution in [3.05, 3.63) is 34.5 Å². The van der Waals surface area contributed by atoms with E-state index in [-0.39, 0.29) is 12.4 Å². The van der Waals surface area contributed by atoms with Gasteiger partial charge >= 0.3 is 0 Å². The molecule has 1 heterocycles. The maximum atomic E-state index is 11.4. The topological polar surface area (TPSA) is 36.7 Å². The Bertz CT molecular complexity index is 330. The Hall–Kier alpha value is -0.770. The van der Waals surface area contributed by atoms with E-state index >= 15 is 0 Å². The first-order valence-electron chi connectivity index (χ1n) is 4.97. The van der Waals surface area contributed by atoms with Crippen molar-refractivity contribution in [1.82, 2.24) is 0 Å². The summed E-state index contributed by atoms with van der Waals surface area (Å²) in [5.74, 6) is 0.887. The summed E-state index contributed by atoms with van der Waals surface area (Å²) in [6, 6.07) is 5.99. The number of halogens is 1. The van der Waals surface area contributed by atoms with Crippen molar-refractivity contribution in [1.29, 1.82) is 0 Å². The predicted octanol–water partition coefficient (Wildman–Crippen LogP) is 0.946. The molecule has 1 aromatic carbocycles. The Morgan fingerprint density at radius 2 is 2.13 bits per heavy atom. The van der Waals surface area contributed by atoms with Gasteiger partial charge in [0.1, 0.15) is 12.3 Å². The molecular weight excluding hydrogens is 214 g/mol. The number of nitrogens with one attached hydrogen (secondary N) is 1. The van der Waals surface area contributed by atoms with E-state index < -0.39 is 0 Å². The summed E-state index contributed by atoms with van der Waals surface area (Å²) in [6.07, 6.45) is 1.97. The lowest BCUT2D eigenvalue weighted by Crippen LogP contribution is -3.05. The van der Waals surface area contributed by atoms with Crippen LogP contribution in [0, 0.1) is 5.21 Å². The molecule has 1 aliphatic heterocycles. The number of hydrogen-bond donors (Lipinski definition) is 1. The van der Waals surface area contributed by atoms with E-state index in [4.69, 9.17) is 4.74 Å². The SMILES string of the molecule is COc1ccc2c(c1)CCC[NH+]([O-])C2.Cl. The highest BCUT2D eigenvalue weighted by Gasteiger charge is 2.12. The first-order chi connectivity index (χ1) is 6.79. The van der Waals surface area contributed by atoms with Crippen molar-refractivity contribution in [3.63, 3.8) is 0 Å². The zero-order valence-electron chi connectivity index (χ0n) is 8.79. The highest BCUT2D eigenvalue weighted by atomic mass is 35.5. The second-order valence-corrected chi connectivity index (χ2v) is 3.70. The van der Waals surface area contributed by atoms with Crippen LogP contribution in [0.2, 0.25) is 0 Å². The first kappa shape index (κ1) is 12.3. The molecule has 0 aromatic heterocycles. The van der Waals surface area contributed by atoms with E-state index in [1.54, 1.807) is 7.11 Å². The monoisotopic (exact) mass is 229 g/mol. The molecule has 0 spiro atoms. The summed E-state index contributed by atoms with van der Waals surface area (Å²) in [7, 11) is 1.67. The van der Waals surface area contributed by atoms with E-state index in [0.29, 0.717) is 11.6 Å². The number of hydroxylamine groups is 2. The van der Waals surface area contributed by atoms with Crippen LogP contribution in [0.5, 0.6) is 5.75 Å². The average Bonchev–Trinajstić information content (AvgIpc) is 2.37. The third-order valence-corrected chi connectivity index (χ3v) is 2.70. The Kier molecular flexibility index (Phi) is 4.39. The number of methoxy groups -OCH3 is 1. The minimum Gasteiger partial charge on any atom is -0.634 e. The molecule has 0 bridgehead atoms.